The minimum Gasteiger partial charge on any atom is -0.393 e. The maximum Gasteiger partial charge on any atom is 0.163 e. The molecule has 0 bridgehead atoms. The molecule has 1 saturated heterocycles. The molecule has 1 unspecified atom stereocenters. The Labute approximate surface area is 67.3 Å². The molecule has 1 N–H and O–H groups in total. The number of hydrogen-bond donors (Lipinski definition) is 1. The fourth-order valence-electron chi connectivity index (χ4n) is 1.30. The van der Waals surface area contributed by atoms with Crippen molar-refractivity contribution >= 4 is 0 Å². The van der Waals surface area contributed by atoms with E-state index in [-0.39, 0.29) is 6.61 Å². The predicted octanol–water partition coefficient (Wildman–Crippen LogP) is 0.910. The van der Waals surface area contributed by atoms with E-state index in [4.69, 9.17) is 14.6 Å². The Balaban J connectivity index is 2.59. The zero-order valence-electron chi connectivity index (χ0n) is 7.39. The van der Waals surface area contributed by atoms with Gasteiger partial charge in [-0.25, -0.2) is 0 Å². The average Bonchev–Trinajstić information content (AvgIpc) is 1.85. The highest BCUT2D eigenvalue weighted by atomic mass is 16.7. The first-order valence-electron chi connectivity index (χ1n) is 3.92. The monoisotopic (exact) mass is 160 g/mol. The lowest BCUT2D eigenvalue weighted by atomic mass is 10.0. The fraction of sp³-hybridized carbons (Fsp3) is 1.00. The van der Waals surface area contributed by atoms with Crippen LogP contribution in [-0.4, -0.2) is 29.7 Å². The van der Waals surface area contributed by atoms with Crippen LogP contribution >= 0.6 is 0 Å². The maximum atomic E-state index is 9.00. The fourth-order valence-corrected chi connectivity index (χ4v) is 1.30. The molecule has 66 valence electrons. The van der Waals surface area contributed by atoms with Crippen LogP contribution in [0.25, 0.3) is 0 Å². The van der Waals surface area contributed by atoms with Crippen LogP contribution in [0.15, 0.2) is 0 Å². The number of aliphatic hydroxyl groups is 1. The molecule has 0 radical (unpaired) electrons. The van der Waals surface area contributed by atoms with Crippen LogP contribution in [0, 0.1) is 0 Å². The third kappa shape index (κ3) is 2.15. The van der Waals surface area contributed by atoms with Gasteiger partial charge in [0.15, 0.2) is 5.79 Å². The second-order valence-corrected chi connectivity index (χ2v) is 3.71. The van der Waals surface area contributed by atoms with Crippen LogP contribution in [0.5, 0.6) is 0 Å². The lowest BCUT2D eigenvalue weighted by Gasteiger charge is -2.42. The summed E-state index contributed by atoms with van der Waals surface area (Å²) in [5.41, 5.74) is -0.415. The second kappa shape index (κ2) is 2.73. The molecule has 0 aliphatic carbocycles. The Morgan fingerprint density at radius 1 is 1.36 bits per heavy atom. The highest BCUT2D eigenvalue weighted by Gasteiger charge is 2.37. The van der Waals surface area contributed by atoms with Gasteiger partial charge in [-0.05, 0) is 20.8 Å². The van der Waals surface area contributed by atoms with E-state index < -0.39 is 11.4 Å². The van der Waals surface area contributed by atoms with Crippen molar-refractivity contribution in [3.8, 4) is 0 Å². The summed E-state index contributed by atoms with van der Waals surface area (Å²) in [6.07, 6.45) is 0.757. The summed E-state index contributed by atoms with van der Waals surface area (Å²) in [7, 11) is 0. The third-order valence-corrected chi connectivity index (χ3v) is 1.91. The van der Waals surface area contributed by atoms with Gasteiger partial charge in [-0.3, -0.25) is 0 Å². The molecular weight excluding hydrogens is 144 g/mol. The van der Waals surface area contributed by atoms with Crippen molar-refractivity contribution in [2.45, 2.75) is 38.6 Å². The summed E-state index contributed by atoms with van der Waals surface area (Å²) < 4.78 is 10.9. The van der Waals surface area contributed by atoms with Gasteiger partial charge < -0.3 is 14.6 Å². The Hall–Kier alpha value is -0.120. The van der Waals surface area contributed by atoms with Crippen LogP contribution < -0.4 is 0 Å². The topological polar surface area (TPSA) is 38.7 Å². The Kier molecular flexibility index (Phi) is 2.23. The average molecular weight is 160 g/mol. The molecular formula is C8H16O3. The van der Waals surface area contributed by atoms with Crippen LogP contribution in [0.3, 0.4) is 0 Å². The highest BCUT2D eigenvalue weighted by Crippen LogP contribution is 2.29. The van der Waals surface area contributed by atoms with Gasteiger partial charge in [0.25, 0.3) is 0 Å². The van der Waals surface area contributed by atoms with E-state index in [0.717, 1.165) is 6.42 Å². The largest absolute Gasteiger partial charge is 0.393 e. The molecule has 1 fully saturated rings. The minimum atomic E-state index is -0.546. The molecule has 0 aromatic heterocycles. The van der Waals surface area contributed by atoms with E-state index in [1.807, 2.05) is 20.8 Å². The molecule has 1 aliphatic rings. The molecule has 11 heavy (non-hydrogen) atoms. The quantitative estimate of drug-likeness (QED) is 0.619. The predicted molar refractivity (Wildman–Crippen MR) is 41.2 cm³/mol. The molecule has 0 aromatic rings. The minimum absolute atomic E-state index is 0.0553. The first-order valence-corrected chi connectivity index (χ1v) is 3.92. The normalized spacial score (nSPS) is 37.1. The lowest BCUT2D eigenvalue weighted by molar-refractivity contribution is -0.311. The Bertz CT molecular complexity index is 144. The maximum absolute atomic E-state index is 9.00. The van der Waals surface area contributed by atoms with E-state index in [2.05, 4.69) is 0 Å². The van der Waals surface area contributed by atoms with E-state index in [1.54, 1.807) is 0 Å². The number of rotatable bonds is 1. The first-order chi connectivity index (χ1) is 4.97. The van der Waals surface area contributed by atoms with Gasteiger partial charge in [0.1, 0.15) is 0 Å². The van der Waals surface area contributed by atoms with Crippen molar-refractivity contribution in [2.24, 2.45) is 0 Å². The Morgan fingerprint density at radius 2 is 2.00 bits per heavy atom. The van der Waals surface area contributed by atoms with Crippen molar-refractivity contribution < 1.29 is 14.6 Å². The van der Waals surface area contributed by atoms with Gasteiger partial charge in [0.2, 0.25) is 0 Å². The van der Waals surface area contributed by atoms with E-state index in [0.29, 0.717) is 6.61 Å². The zero-order chi connectivity index (χ0) is 8.54. The summed E-state index contributed by atoms with van der Waals surface area (Å²) >= 11 is 0. The summed E-state index contributed by atoms with van der Waals surface area (Å²) in [5.74, 6) is -0.546. The molecule has 1 heterocycles. The summed E-state index contributed by atoms with van der Waals surface area (Å²) in [4.78, 5) is 0. The van der Waals surface area contributed by atoms with Crippen LogP contribution in [-0.2, 0) is 9.47 Å². The number of hydrogen-bond acceptors (Lipinski definition) is 3. The molecule has 0 amide bonds. The summed E-state index contributed by atoms with van der Waals surface area (Å²) in [6, 6.07) is 0. The summed E-state index contributed by atoms with van der Waals surface area (Å²) in [5, 5.41) is 9.00. The van der Waals surface area contributed by atoms with Crippen LogP contribution in [0.4, 0.5) is 0 Å². The molecule has 1 rings (SSSR count). The standard InChI is InChI=1S/C8H16O3/c1-7(2)10-5-4-8(3,6-9)11-7/h9H,4-6H2,1-3H3. The molecule has 3 heteroatoms. The molecule has 0 aromatic carbocycles. The van der Waals surface area contributed by atoms with Crippen molar-refractivity contribution in [1.29, 1.82) is 0 Å². The van der Waals surface area contributed by atoms with Gasteiger partial charge in [0, 0.05) is 6.42 Å². The molecule has 3 nitrogen and oxygen atoms in total. The molecule has 0 saturated carbocycles. The van der Waals surface area contributed by atoms with Crippen molar-refractivity contribution in [1.82, 2.24) is 0 Å². The van der Waals surface area contributed by atoms with Crippen molar-refractivity contribution in [2.75, 3.05) is 13.2 Å². The van der Waals surface area contributed by atoms with E-state index in [9.17, 15) is 0 Å². The first kappa shape index (κ1) is 8.97. The third-order valence-electron chi connectivity index (χ3n) is 1.91. The van der Waals surface area contributed by atoms with Gasteiger partial charge in [-0.2, -0.15) is 0 Å². The number of aliphatic hydroxyl groups excluding tert-OH is 1. The van der Waals surface area contributed by atoms with Crippen LogP contribution in [0.2, 0.25) is 0 Å². The van der Waals surface area contributed by atoms with E-state index >= 15 is 0 Å². The molecule has 1 aliphatic heterocycles. The zero-order valence-corrected chi connectivity index (χ0v) is 7.39. The number of ether oxygens (including phenoxy) is 2. The van der Waals surface area contributed by atoms with E-state index in [1.165, 1.54) is 0 Å². The molecule has 1 atom stereocenters. The second-order valence-electron chi connectivity index (χ2n) is 3.71. The van der Waals surface area contributed by atoms with Crippen LogP contribution in [0.1, 0.15) is 27.2 Å². The SMILES string of the molecule is CC1(CO)CCOC(C)(C)O1. The summed E-state index contributed by atoms with van der Waals surface area (Å²) in [6.45, 7) is 6.33. The Morgan fingerprint density at radius 3 is 2.36 bits per heavy atom. The van der Waals surface area contributed by atoms with Crippen molar-refractivity contribution in [3.05, 3.63) is 0 Å². The van der Waals surface area contributed by atoms with Gasteiger partial charge in [0.05, 0.1) is 18.8 Å². The lowest BCUT2D eigenvalue weighted by Crippen LogP contribution is -2.49. The molecule has 0 spiro atoms. The highest BCUT2D eigenvalue weighted by molar-refractivity contribution is 4.80. The van der Waals surface area contributed by atoms with Gasteiger partial charge in [-0.1, -0.05) is 0 Å². The van der Waals surface area contributed by atoms with Gasteiger partial charge in [-0.15, -0.1) is 0 Å². The van der Waals surface area contributed by atoms with Crippen molar-refractivity contribution in [3.63, 3.8) is 0 Å². The smallest absolute Gasteiger partial charge is 0.163 e. The van der Waals surface area contributed by atoms with Gasteiger partial charge >= 0.3 is 0 Å².